The quantitative estimate of drug-likeness (QED) is 0.906. The molecule has 0 aliphatic carbocycles. The highest BCUT2D eigenvalue weighted by Gasteiger charge is 2.20. The number of fused-ring (bicyclic) bond motifs is 1. The third-order valence-corrected chi connectivity index (χ3v) is 4.13. The predicted molar refractivity (Wildman–Crippen MR) is 84.2 cm³/mol. The second-order valence-corrected chi connectivity index (χ2v) is 5.97. The molecule has 0 spiro atoms. The maximum Gasteiger partial charge on any atom is 0.254 e. The van der Waals surface area contributed by atoms with E-state index in [1.165, 1.54) is 0 Å². The summed E-state index contributed by atoms with van der Waals surface area (Å²) in [6.07, 6.45) is 3.22. The van der Waals surface area contributed by atoms with Crippen LogP contribution in [0, 0.1) is 0 Å². The maximum atomic E-state index is 12.2. The zero-order valence-electron chi connectivity index (χ0n) is 12.3. The third kappa shape index (κ3) is 2.94. The molecule has 1 aliphatic rings. The van der Waals surface area contributed by atoms with Crippen LogP contribution in [0.3, 0.4) is 0 Å². The van der Waals surface area contributed by atoms with Crippen LogP contribution < -0.4 is 14.8 Å². The van der Waals surface area contributed by atoms with Crippen molar-refractivity contribution in [1.29, 1.82) is 0 Å². The number of amides is 1. The van der Waals surface area contributed by atoms with E-state index < -0.39 is 0 Å². The SMILES string of the molecule is C[C@@H](NC(=O)c1cnn(C)c1)c1cc2c(cc1Br)OCCO2. The Labute approximate surface area is 136 Å². The summed E-state index contributed by atoms with van der Waals surface area (Å²) in [5.74, 6) is 1.25. The van der Waals surface area contributed by atoms with Crippen molar-refractivity contribution in [2.75, 3.05) is 13.2 Å². The van der Waals surface area contributed by atoms with E-state index in [0.717, 1.165) is 10.0 Å². The summed E-state index contributed by atoms with van der Waals surface area (Å²) in [6, 6.07) is 3.58. The molecule has 2 heterocycles. The lowest BCUT2D eigenvalue weighted by molar-refractivity contribution is 0.0939. The van der Waals surface area contributed by atoms with Crippen LogP contribution in [-0.2, 0) is 7.05 Å². The molecule has 1 amide bonds. The molecule has 0 saturated carbocycles. The van der Waals surface area contributed by atoms with Crippen LogP contribution in [0.2, 0.25) is 0 Å². The summed E-state index contributed by atoms with van der Waals surface area (Å²) >= 11 is 3.52. The first-order valence-electron chi connectivity index (χ1n) is 6.93. The first kappa shape index (κ1) is 14.9. The maximum absolute atomic E-state index is 12.2. The van der Waals surface area contributed by atoms with Crippen molar-refractivity contribution in [3.63, 3.8) is 0 Å². The minimum absolute atomic E-state index is 0.164. The van der Waals surface area contributed by atoms with Gasteiger partial charge in [-0.05, 0) is 24.6 Å². The summed E-state index contributed by atoms with van der Waals surface area (Å²) in [4.78, 5) is 12.2. The Hall–Kier alpha value is -2.02. The van der Waals surface area contributed by atoms with E-state index in [1.54, 1.807) is 24.1 Å². The van der Waals surface area contributed by atoms with Gasteiger partial charge in [-0.3, -0.25) is 9.48 Å². The number of aromatic nitrogens is 2. The molecule has 0 fully saturated rings. The van der Waals surface area contributed by atoms with Gasteiger partial charge in [-0.15, -0.1) is 0 Å². The van der Waals surface area contributed by atoms with E-state index in [1.807, 2.05) is 19.1 Å². The van der Waals surface area contributed by atoms with Crippen molar-refractivity contribution >= 4 is 21.8 Å². The van der Waals surface area contributed by atoms with Gasteiger partial charge in [-0.1, -0.05) is 15.9 Å². The van der Waals surface area contributed by atoms with E-state index >= 15 is 0 Å². The van der Waals surface area contributed by atoms with E-state index in [-0.39, 0.29) is 11.9 Å². The summed E-state index contributed by atoms with van der Waals surface area (Å²) in [5, 5.41) is 6.96. The van der Waals surface area contributed by atoms with Crippen LogP contribution in [-0.4, -0.2) is 28.9 Å². The normalized spacial score (nSPS) is 14.5. The molecular formula is C15H16BrN3O3. The van der Waals surface area contributed by atoms with E-state index in [4.69, 9.17) is 9.47 Å². The van der Waals surface area contributed by atoms with Crippen LogP contribution in [0.25, 0.3) is 0 Å². The van der Waals surface area contributed by atoms with Gasteiger partial charge in [-0.25, -0.2) is 0 Å². The number of ether oxygens (including phenoxy) is 2. The molecule has 2 aromatic rings. The molecule has 7 heteroatoms. The molecule has 1 atom stereocenters. The molecule has 0 radical (unpaired) electrons. The molecule has 0 unspecified atom stereocenters. The topological polar surface area (TPSA) is 65.4 Å². The molecule has 1 aromatic heterocycles. The van der Waals surface area contributed by atoms with Crippen LogP contribution in [0.1, 0.15) is 28.9 Å². The number of aryl methyl sites for hydroxylation is 1. The fraction of sp³-hybridized carbons (Fsp3) is 0.333. The number of nitrogens with one attached hydrogen (secondary N) is 1. The van der Waals surface area contributed by atoms with Crippen molar-refractivity contribution < 1.29 is 14.3 Å². The fourth-order valence-electron chi connectivity index (χ4n) is 2.31. The number of carbonyl (C=O) groups is 1. The number of benzene rings is 1. The Morgan fingerprint density at radius 2 is 2.05 bits per heavy atom. The summed E-state index contributed by atoms with van der Waals surface area (Å²) in [7, 11) is 1.78. The first-order valence-corrected chi connectivity index (χ1v) is 7.72. The zero-order valence-corrected chi connectivity index (χ0v) is 13.9. The van der Waals surface area contributed by atoms with Gasteiger partial charge < -0.3 is 14.8 Å². The highest BCUT2D eigenvalue weighted by molar-refractivity contribution is 9.10. The summed E-state index contributed by atoms with van der Waals surface area (Å²) in [6.45, 7) is 3.00. The van der Waals surface area contributed by atoms with Crippen molar-refractivity contribution in [2.45, 2.75) is 13.0 Å². The predicted octanol–water partition coefficient (Wildman–Crippen LogP) is 2.44. The van der Waals surface area contributed by atoms with Gasteiger partial charge in [0.2, 0.25) is 0 Å². The fourth-order valence-corrected chi connectivity index (χ4v) is 2.97. The van der Waals surface area contributed by atoms with Gasteiger partial charge in [0.1, 0.15) is 13.2 Å². The molecule has 1 N–H and O–H groups in total. The molecule has 0 saturated heterocycles. The Morgan fingerprint density at radius 1 is 1.36 bits per heavy atom. The zero-order chi connectivity index (χ0) is 15.7. The number of hydrogen-bond acceptors (Lipinski definition) is 4. The van der Waals surface area contributed by atoms with Gasteiger partial charge >= 0.3 is 0 Å². The summed E-state index contributed by atoms with van der Waals surface area (Å²) < 4.78 is 13.6. The van der Waals surface area contributed by atoms with Crippen LogP contribution in [0.15, 0.2) is 29.0 Å². The van der Waals surface area contributed by atoms with Crippen LogP contribution >= 0.6 is 15.9 Å². The molecular weight excluding hydrogens is 350 g/mol. The van der Waals surface area contributed by atoms with Gasteiger partial charge in [0, 0.05) is 17.7 Å². The molecule has 6 nitrogen and oxygen atoms in total. The largest absolute Gasteiger partial charge is 0.486 e. The minimum Gasteiger partial charge on any atom is -0.486 e. The number of carbonyl (C=O) groups excluding carboxylic acids is 1. The second-order valence-electron chi connectivity index (χ2n) is 5.12. The molecule has 116 valence electrons. The Morgan fingerprint density at radius 3 is 2.68 bits per heavy atom. The Bertz CT molecular complexity index is 714. The van der Waals surface area contributed by atoms with Crippen LogP contribution in [0.4, 0.5) is 0 Å². The van der Waals surface area contributed by atoms with Gasteiger partial charge in [-0.2, -0.15) is 5.10 Å². The Balaban J connectivity index is 1.80. The van der Waals surface area contributed by atoms with Gasteiger partial charge in [0.05, 0.1) is 17.8 Å². The molecule has 1 aliphatic heterocycles. The monoisotopic (exact) mass is 365 g/mol. The van der Waals surface area contributed by atoms with Gasteiger partial charge in [0.25, 0.3) is 5.91 Å². The van der Waals surface area contributed by atoms with Crippen LogP contribution in [0.5, 0.6) is 11.5 Å². The lowest BCUT2D eigenvalue weighted by Crippen LogP contribution is -2.27. The first-order chi connectivity index (χ1) is 10.5. The van der Waals surface area contributed by atoms with Crippen molar-refractivity contribution in [2.24, 2.45) is 7.05 Å². The van der Waals surface area contributed by atoms with Crippen molar-refractivity contribution in [1.82, 2.24) is 15.1 Å². The average Bonchev–Trinajstić information content (AvgIpc) is 2.93. The number of rotatable bonds is 3. The van der Waals surface area contributed by atoms with E-state index in [2.05, 4.69) is 26.3 Å². The van der Waals surface area contributed by atoms with Crippen molar-refractivity contribution in [3.8, 4) is 11.5 Å². The second kappa shape index (κ2) is 6.00. The highest BCUT2D eigenvalue weighted by Crippen LogP contribution is 2.37. The molecule has 1 aromatic carbocycles. The number of nitrogens with zero attached hydrogens (tertiary/aromatic N) is 2. The molecule has 3 rings (SSSR count). The average molecular weight is 366 g/mol. The number of halogens is 1. The standard InChI is InChI=1S/C15H16BrN3O3/c1-9(18-15(20)10-7-17-19(2)8-10)11-5-13-14(6-12(11)16)22-4-3-21-13/h5-9H,3-4H2,1-2H3,(H,18,20)/t9-/m1/s1. The molecule has 0 bridgehead atoms. The lowest BCUT2D eigenvalue weighted by Gasteiger charge is -2.22. The van der Waals surface area contributed by atoms with E-state index in [9.17, 15) is 4.79 Å². The minimum atomic E-state index is -0.182. The summed E-state index contributed by atoms with van der Waals surface area (Å²) in [5.41, 5.74) is 1.46. The van der Waals surface area contributed by atoms with E-state index in [0.29, 0.717) is 30.3 Å². The number of hydrogen-bond donors (Lipinski definition) is 1. The van der Waals surface area contributed by atoms with Gasteiger partial charge in [0.15, 0.2) is 11.5 Å². The smallest absolute Gasteiger partial charge is 0.254 e. The highest BCUT2D eigenvalue weighted by atomic mass is 79.9. The Kier molecular flexibility index (Phi) is 4.06. The molecule has 22 heavy (non-hydrogen) atoms. The lowest BCUT2D eigenvalue weighted by atomic mass is 10.1. The third-order valence-electron chi connectivity index (χ3n) is 3.44. The van der Waals surface area contributed by atoms with Crippen molar-refractivity contribution in [3.05, 3.63) is 40.1 Å².